The van der Waals surface area contributed by atoms with Crippen LogP contribution in [0.25, 0.3) is 0 Å². The first-order valence-corrected chi connectivity index (χ1v) is 5.44. The molecule has 0 saturated carbocycles. The van der Waals surface area contributed by atoms with Crippen LogP contribution in [0.15, 0.2) is 0 Å². The van der Waals surface area contributed by atoms with Crippen LogP contribution in [-0.4, -0.2) is 48.7 Å². The zero-order chi connectivity index (χ0) is 9.84. The Morgan fingerprint density at radius 1 is 1.15 bits per heavy atom. The van der Waals surface area contributed by atoms with Crippen LogP contribution in [0, 0.1) is 0 Å². The Kier molecular flexibility index (Phi) is 4.16. The van der Waals surface area contributed by atoms with Crippen LogP contribution >= 0.6 is 0 Å². The van der Waals surface area contributed by atoms with Gasteiger partial charge in [-0.05, 0) is 19.9 Å². The predicted molar refractivity (Wildman–Crippen MR) is 56.5 cm³/mol. The van der Waals surface area contributed by atoms with Crippen molar-refractivity contribution >= 4 is 0 Å². The van der Waals surface area contributed by atoms with E-state index in [1.54, 1.807) is 0 Å². The number of nitrogens with two attached hydrogens (primary N) is 1. The number of piperidine rings is 1. The van der Waals surface area contributed by atoms with Crippen molar-refractivity contribution in [3.8, 4) is 0 Å². The molecular formula is C10H23N3. The molecule has 0 aromatic rings. The van der Waals surface area contributed by atoms with Gasteiger partial charge in [0.05, 0.1) is 6.67 Å². The van der Waals surface area contributed by atoms with Gasteiger partial charge in [-0.25, -0.2) is 0 Å². The molecule has 2 saturated heterocycles. The molecule has 78 valence electrons. The highest BCUT2D eigenvalue weighted by Gasteiger charge is 2.32. The third kappa shape index (κ3) is 2.66. The van der Waals surface area contributed by atoms with Gasteiger partial charge in [-0.3, -0.25) is 9.80 Å². The van der Waals surface area contributed by atoms with E-state index in [1.165, 1.54) is 19.4 Å². The molecule has 2 fully saturated rings. The maximum absolute atomic E-state index is 5.88. The molecule has 0 radical (unpaired) electrons. The summed E-state index contributed by atoms with van der Waals surface area (Å²) < 4.78 is 0. The summed E-state index contributed by atoms with van der Waals surface area (Å²) in [6.07, 6.45) is 2.51. The Hall–Kier alpha value is -0.120. The van der Waals surface area contributed by atoms with Crippen LogP contribution in [0.4, 0.5) is 0 Å². The van der Waals surface area contributed by atoms with Crippen molar-refractivity contribution in [1.82, 2.24) is 9.80 Å². The first-order valence-electron chi connectivity index (χ1n) is 5.44. The van der Waals surface area contributed by atoms with Crippen LogP contribution in [0.2, 0.25) is 0 Å². The minimum absolute atomic E-state index is 0.428. The van der Waals surface area contributed by atoms with Gasteiger partial charge in [0.2, 0.25) is 0 Å². The highest BCUT2D eigenvalue weighted by atomic mass is 15.4. The average molecular weight is 185 g/mol. The summed E-state index contributed by atoms with van der Waals surface area (Å²) in [5.41, 5.74) is 5.88. The van der Waals surface area contributed by atoms with E-state index < -0.39 is 0 Å². The zero-order valence-corrected chi connectivity index (χ0v) is 9.16. The van der Waals surface area contributed by atoms with Crippen molar-refractivity contribution < 1.29 is 0 Å². The molecule has 0 aromatic carbocycles. The van der Waals surface area contributed by atoms with E-state index in [1.807, 2.05) is 13.8 Å². The van der Waals surface area contributed by atoms with Gasteiger partial charge in [0.25, 0.3) is 0 Å². The quantitative estimate of drug-likeness (QED) is 0.603. The number of likely N-dealkylation sites (N-methyl/N-ethyl adjacent to an activating group) is 1. The molecule has 2 aliphatic heterocycles. The molecule has 2 atom stereocenters. The van der Waals surface area contributed by atoms with Crippen LogP contribution in [-0.2, 0) is 0 Å². The molecule has 0 aliphatic carbocycles. The molecule has 3 heteroatoms. The van der Waals surface area contributed by atoms with Gasteiger partial charge >= 0.3 is 0 Å². The van der Waals surface area contributed by atoms with Crippen LogP contribution < -0.4 is 5.73 Å². The van der Waals surface area contributed by atoms with Crippen molar-refractivity contribution in [2.24, 2.45) is 5.73 Å². The molecule has 0 aromatic heterocycles. The first-order chi connectivity index (χ1) is 6.25. The highest BCUT2D eigenvalue weighted by molar-refractivity contribution is 4.88. The summed E-state index contributed by atoms with van der Waals surface area (Å²) in [5, 5.41) is 0. The molecule has 2 heterocycles. The Balaban J connectivity index is 0.000000396. The lowest BCUT2D eigenvalue weighted by molar-refractivity contribution is 0.174. The van der Waals surface area contributed by atoms with Gasteiger partial charge in [0.15, 0.2) is 0 Å². The zero-order valence-electron chi connectivity index (χ0n) is 9.16. The van der Waals surface area contributed by atoms with Crippen molar-refractivity contribution in [3.05, 3.63) is 0 Å². The fourth-order valence-electron chi connectivity index (χ4n) is 2.24. The average Bonchev–Trinajstić information content (AvgIpc) is 2.48. The van der Waals surface area contributed by atoms with E-state index in [-0.39, 0.29) is 0 Å². The highest BCUT2D eigenvalue weighted by Crippen LogP contribution is 2.21. The Morgan fingerprint density at radius 3 is 2.54 bits per heavy atom. The second kappa shape index (κ2) is 4.94. The molecule has 3 nitrogen and oxygen atoms in total. The van der Waals surface area contributed by atoms with Gasteiger partial charge in [-0.1, -0.05) is 13.8 Å². The summed E-state index contributed by atoms with van der Waals surface area (Å²) in [6.45, 7) is 7.47. The Labute approximate surface area is 81.9 Å². The summed E-state index contributed by atoms with van der Waals surface area (Å²) >= 11 is 0. The molecular weight excluding hydrogens is 162 g/mol. The van der Waals surface area contributed by atoms with E-state index in [9.17, 15) is 0 Å². The van der Waals surface area contributed by atoms with Crippen molar-refractivity contribution in [2.45, 2.75) is 38.8 Å². The molecule has 2 aliphatic rings. The maximum atomic E-state index is 5.88. The fourth-order valence-corrected chi connectivity index (χ4v) is 2.24. The third-order valence-electron chi connectivity index (χ3n) is 2.80. The fraction of sp³-hybridized carbons (Fsp3) is 1.00. The SMILES string of the molecule is CC.CN1CC2CCC(N)CN2C1. The predicted octanol–water partition coefficient (Wildman–Crippen LogP) is 0.707. The summed E-state index contributed by atoms with van der Waals surface area (Å²) in [7, 11) is 2.18. The topological polar surface area (TPSA) is 32.5 Å². The van der Waals surface area contributed by atoms with Crippen molar-refractivity contribution in [1.29, 1.82) is 0 Å². The van der Waals surface area contributed by atoms with E-state index >= 15 is 0 Å². The number of hydrogen-bond donors (Lipinski definition) is 1. The molecule has 0 bridgehead atoms. The Morgan fingerprint density at radius 2 is 1.85 bits per heavy atom. The Bertz CT molecular complexity index is 149. The van der Waals surface area contributed by atoms with E-state index in [4.69, 9.17) is 5.73 Å². The van der Waals surface area contributed by atoms with E-state index in [2.05, 4.69) is 16.8 Å². The lowest BCUT2D eigenvalue weighted by Gasteiger charge is -2.32. The second-order valence-corrected chi connectivity index (χ2v) is 3.94. The van der Waals surface area contributed by atoms with Gasteiger partial charge in [-0.15, -0.1) is 0 Å². The van der Waals surface area contributed by atoms with Crippen molar-refractivity contribution in [2.75, 3.05) is 26.8 Å². The largest absolute Gasteiger partial charge is 0.327 e. The van der Waals surface area contributed by atoms with E-state index in [0.717, 1.165) is 19.3 Å². The number of rotatable bonds is 0. The number of hydrogen-bond acceptors (Lipinski definition) is 3. The van der Waals surface area contributed by atoms with Crippen LogP contribution in [0.3, 0.4) is 0 Å². The lowest BCUT2D eigenvalue weighted by Crippen LogP contribution is -2.46. The smallest absolute Gasteiger partial charge is 0.0507 e. The van der Waals surface area contributed by atoms with Crippen LogP contribution in [0.5, 0.6) is 0 Å². The minimum atomic E-state index is 0.428. The normalized spacial score (nSPS) is 35.1. The molecule has 2 N–H and O–H groups in total. The van der Waals surface area contributed by atoms with Gasteiger partial charge in [0, 0.05) is 25.2 Å². The van der Waals surface area contributed by atoms with Gasteiger partial charge in [0.1, 0.15) is 0 Å². The first kappa shape index (κ1) is 11.0. The molecule has 2 rings (SSSR count). The molecule has 2 unspecified atom stereocenters. The van der Waals surface area contributed by atoms with Crippen molar-refractivity contribution in [3.63, 3.8) is 0 Å². The molecule has 13 heavy (non-hydrogen) atoms. The second-order valence-electron chi connectivity index (χ2n) is 3.94. The third-order valence-corrected chi connectivity index (χ3v) is 2.80. The number of nitrogens with zero attached hydrogens (tertiary/aromatic N) is 2. The molecule has 0 amide bonds. The lowest BCUT2D eigenvalue weighted by atomic mass is 10.0. The maximum Gasteiger partial charge on any atom is 0.0507 e. The molecule has 0 spiro atoms. The van der Waals surface area contributed by atoms with Gasteiger partial charge < -0.3 is 5.73 Å². The van der Waals surface area contributed by atoms with E-state index in [0.29, 0.717) is 6.04 Å². The number of fused-ring (bicyclic) bond motifs is 1. The standard InChI is InChI=1S/C8H17N3.C2H6/c1-10-5-8-3-2-7(9)4-11(8)6-10;1-2/h7-8H,2-6,9H2,1H3;1-2H3. The minimum Gasteiger partial charge on any atom is -0.327 e. The summed E-state index contributed by atoms with van der Waals surface area (Å²) in [4.78, 5) is 4.89. The van der Waals surface area contributed by atoms with Crippen LogP contribution in [0.1, 0.15) is 26.7 Å². The van der Waals surface area contributed by atoms with Gasteiger partial charge in [-0.2, -0.15) is 0 Å². The monoisotopic (exact) mass is 185 g/mol. The summed E-state index contributed by atoms with van der Waals surface area (Å²) in [5.74, 6) is 0. The summed E-state index contributed by atoms with van der Waals surface area (Å²) in [6, 6.07) is 1.23.